The van der Waals surface area contributed by atoms with Crippen LogP contribution in [0.3, 0.4) is 0 Å². The molecule has 5 nitrogen and oxygen atoms in total. The summed E-state index contributed by atoms with van der Waals surface area (Å²) < 4.78 is 6.94. The van der Waals surface area contributed by atoms with Crippen molar-refractivity contribution in [3.8, 4) is 22.4 Å². The first kappa shape index (κ1) is 15.1. The van der Waals surface area contributed by atoms with E-state index in [4.69, 9.17) is 10.00 Å². The second kappa shape index (κ2) is 6.99. The Morgan fingerprint density at radius 1 is 1.22 bits per heavy atom. The molecule has 0 N–H and O–H groups in total. The molecular formula is C17H14N4OS. The number of ether oxygens (including phenoxy) is 1. The fraction of sp³-hybridized carbons (Fsp3) is 0.118. The second-order valence-electron chi connectivity index (χ2n) is 4.87. The van der Waals surface area contributed by atoms with Crippen molar-refractivity contribution < 1.29 is 4.74 Å². The van der Waals surface area contributed by atoms with Gasteiger partial charge in [0.15, 0.2) is 0 Å². The molecule has 3 rings (SSSR count). The van der Waals surface area contributed by atoms with Crippen molar-refractivity contribution in [1.82, 2.24) is 15.0 Å². The normalized spacial score (nSPS) is 10.3. The molecule has 3 aromatic rings. The van der Waals surface area contributed by atoms with E-state index in [0.29, 0.717) is 6.54 Å². The predicted molar refractivity (Wildman–Crippen MR) is 89.0 cm³/mol. The first-order valence-electron chi connectivity index (χ1n) is 6.98. The number of methoxy groups -OCH3 is 1. The molecule has 1 aromatic heterocycles. The highest BCUT2D eigenvalue weighted by Crippen LogP contribution is 2.21. The molecule has 0 radical (unpaired) electrons. The fourth-order valence-corrected chi connectivity index (χ4v) is 2.68. The molecule has 0 spiro atoms. The Kier molecular flexibility index (Phi) is 4.60. The molecule has 0 saturated carbocycles. The van der Waals surface area contributed by atoms with Crippen molar-refractivity contribution in [2.24, 2.45) is 0 Å². The molecule has 0 amide bonds. The van der Waals surface area contributed by atoms with Gasteiger partial charge < -0.3 is 4.74 Å². The number of rotatable bonds is 5. The van der Waals surface area contributed by atoms with Crippen molar-refractivity contribution in [2.45, 2.75) is 11.4 Å². The molecule has 0 atom stereocenters. The smallest absolute Gasteiger partial charge is 0.138 e. The Morgan fingerprint density at radius 2 is 2.04 bits per heavy atom. The van der Waals surface area contributed by atoms with Crippen LogP contribution in [0.5, 0.6) is 5.75 Å². The van der Waals surface area contributed by atoms with E-state index in [1.54, 1.807) is 11.8 Å². The SMILES string of the molecule is COc1ccc(-c2cn(Cc3cccc(SC#N)c3)nn2)cc1. The van der Waals surface area contributed by atoms with E-state index in [1.165, 1.54) is 0 Å². The molecule has 0 aliphatic rings. The highest BCUT2D eigenvalue weighted by Gasteiger charge is 2.05. The molecule has 0 unspecified atom stereocenters. The van der Waals surface area contributed by atoms with E-state index in [-0.39, 0.29) is 0 Å². The minimum absolute atomic E-state index is 0.614. The van der Waals surface area contributed by atoms with Gasteiger partial charge in [-0.1, -0.05) is 17.3 Å². The zero-order valence-corrected chi connectivity index (χ0v) is 13.3. The number of aromatic nitrogens is 3. The summed E-state index contributed by atoms with van der Waals surface area (Å²) in [4.78, 5) is 0.931. The van der Waals surface area contributed by atoms with Crippen LogP contribution in [0.1, 0.15) is 5.56 Å². The zero-order valence-electron chi connectivity index (χ0n) is 12.5. The van der Waals surface area contributed by atoms with Crippen molar-refractivity contribution in [3.63, 3.8) is 0 Å². The van der Waals surface area contributed by atoms with E-state index in [2.05, 4.69) is 15.7 Å². The van der Waals surface area contributed by atoms with Crippen LogP contribution in [-0.4, -0.2) is 22.1 Å². The summed E-state index contributed by atoms with van der Waals surface area (Å²) >= 11 is 1.15. The first-order chi connectivity index (χ1) is 11.3. The van der Waals surface area contributed by atoms with Gasteiger partial charge in [0.05, 0.1) is 19.9 Å². The van der Waals surface area contributed by atoms with Gasteiger partial charge in [-0.3, -0.25) is 0 Å². The Balaban J connectivity index is 1.76. The average Bonchev–Trinajstić information content (AvgIpc) is 3.04. The third kappa shape index (κ3) is 3.71. The monoisotopic (exact) mass is 322 g/mol. The molecule has 2 aromatic carbocycles. The topological polar surface area (TPSA) is 63.7 Å². The van der Waals surface area contributed by atoms with E-state index in [1.807, 2.05) is 54.7 Å². The minimum atomic E-state index is 0.614. The third-order valence-electron chi connectivity index (χ3n) is 3.33. The number of thiocyanates is 1. The molecule has 23 heavy (non-hydrogen) atoms. The standard InChI is InChI=1S/C17H14N4OS/c1-22-15-7-5-14(6-8-15)17-11-21(20-19-17)10-13-3-2-4-16(9-13)23-12-18/h2-9,11H,10H2,1H3. The quantitative estimate of drug-likeness (QED) is 0.531. The van der Waals surface area contributed by atoms with Crippen LogP contribution in [0.25, 0.3) is 11.3 Å². The van der Waals surface area contributed by atoms with Gasteiger partial charge in [-0.15, -0.1) is 5.10 Å². The maximum atomic E-state index is 8.74. The van der Waals surface area contributed by atoms with Crippen molar-refractivity contribution >= 4 is 11.8 Å². The lowest BCUT2D eigenvalue weighted by atomic mass is 10.1. The summed E-state index contributed by atoms with van der Waals surface area (Å²) in [6, 6.07) is 15.6. The zero-order chi connectivity index (χ0) is 16.1. The predicted octanol–water partition coefficient (Wildman–Crippen LogP) is 3.58. The summed E-state index contributed by atoms with van der Waals surface area (Å²) in [7, 11) is 1.64. The molecule has 0 saturated heterocycles. The molecule has 1 heterocycles. The summed E-state index contributed by atoms with van der Waals surface area (Å²) in [6.45, 7) is 0.614. The van der Waals surface area contributed by atoms with Gasteiger partial charge in [-0.25, -0.2) is 4.68 Å². The maximum absolute atomic E-state index is 8.74. The summed E-state index contributed by atoms with van der Waals surface area (Å²) in [5.41, 5.74) is 2.89. The highest BCUT2D eigenvalue weighted by molar-refractivity contribution is 8.03. The minimum Gasteiger partial charge on any atom is -0.497 e. The summed E-state index contributed by atoms with van der Waals surface area (Å²) in [5, 5.41) is 19.2. The van der Waals surface area contributed by atoms with Crippen LogP contribution < -0.4 is 4.74 Å². The summed E-state index contributed by atoms with van der Waals surface area (Å²) in [5.74, 6) is 0.813. The molecule has 0 aliphatic carbocycles. The second-order valence-corrected chi connectivity index (χ2v) is 5.73. The lowest BCUT2D eigenvalue weighted by Gasteiger charge is -2.02. The molecule has 6 heteroatoms. The number of hydrogen-bond acceptors (Lipinski definition) is 5. The third-order valence-corrected chi connectivity index (χ3v) is 3.91. The van der Waals surface area contributed by atoms with Gasteiger partial charge in [0.2, 0.25) is 0 Å². The van der Waals surface area contributed by atoms with Gasteiger partial charge in [0, 0.05) is 10.5 Å². The lowest BCUT2D eigenvalue weighted by Crippen LogP contribution is -2.00. The van der Waals surface area contributed by atoms with E-state index >= 15 is 0 Å². The molecule has 114 valence electrons. The maximum Gasteiger partial charge on any atom is 0.138 e. The number of nitriles is 1. The number of thioether (sulfide) groups is 1. The van der Waals surface area contributed by atoms with Crippen molar-refractivity contribution in [1.29, 1.82) is 5.26 Å². The van der Waals surface area contributed by atoms with Crippen LogP contribution in [-0.2, 0) is 6.54 Å². The van der Waals surface area contributed by atoms with Crippen LogP contribution >= 0.6 is 11.8 Å². The van der Waals surface area contributed by atoms with E-state index in [0.717, 1.165) is 39.2 Å². The van der Waals surface area contributed by atoms with Crippen LogP contribution in [0.2, 0.25) is 0 Å². The van der Waals surface area contributed by atoms with Gasteiger partial charge in [-0.05, 0) is 53.7 Å². The Labute approximate surface area is 138 Å². The first-order valence-corrected chi connectivity index (χ1v) is 7.79. The van der Waals surface area contributed by atoms with Crippen LogP contribution in [0, 0.1) is 10.7 Å². The number of nitrogens with zero attached hydrogens (tertiary/aromatic N) is 4. The molecule has 0 fully saturated rings. The Bertz CT molecular complexity index is 836. The molecular weight excluding hydrogens is 308 g/mol. The molecule has 0 bridgehead atoms. The Hall–Kier alpha value is -2.78. The lowest BCUT2D eigenvalue weighted by molar-refractivity contribution is 0.415. The highest BCUT2D eigenvalue weighted by atomic mass is 32.2. The summed E-state index contributed by atoms with van der Waals surface area (Å²) in [6.07, 6.45) is 1.91. The average molecular weight is 322 g/mol. The molecule has 0 aliphatic heterocycles. The largest absolute Gasteiger partial charge is 0.497 e. The van der Waals surface area contributed by atoms with Gasteiger partial charge in [0.25, 0.3) is 0 Å². The number of benzene rings is 2. The van der Waals surface area contributed by atoms with Crippen molar-refractivity contribution in [2.75, 3.05) is 7.11 Å². The van der Waals surface area contributed by atoms with Gasteiger partial charge >= 0.3 is 0 Å². The fourth-order valence-electron chi connectivity index (χ4n) is 2.22. The van der Waals surface area contributed by atoms with Crippen LogP contribution in [0.4, 0.5) is 0 Å². The van der Waals surface area contributed by atoms with Gasteiger partial charge in [0.1, 0.15) is 16.8 Å². The van der Waals surface area contributed by atoms with E-state index < -0.39 is 0 Å². The van der Waals surface area contributed by atoms with E-state index in [9.17, 15) is 0 Å². The van der Waals surface area contributed by atoms with Gasteiger partial charge in [-0.2, -0.15) is 5.26 Å². The van der Waals surface area contributed by atoms with Crippen LogP contribution in [0.15, 0.2) is 59.6 Å². The number of hydrogen-bond donors (Lipinski definition) is 0. The Morgan fingerprint density at radius 3 is 2.78 bits per heavy atom. The van der Waals surface area contributed by atoms with Crippen molar-refractivity contribution in [3.05, 3.63) is 60.3 Å².